The van der Waals surface area contributed by atoms with E-state index in [0.717, 1.165) is 22.9 Å². The second-order valence-corrected chi connectivity index (χ2v) is 4.48. The third-order valence-electron chi connectivity index (χ3n) is 2.93. The highest BCUT2D eigenvalue weighted by Crippen LogP contribution is 2.07. The summed E-state index contributed by atoms with van der Waals surface area (Å²) in [5.41, 5.74) is -0.518. The topological polar surface area (TPSA) is 94.2 Å². The van der Waals surface area contributed by atoms with Crippen LogP contribution in [0.15, 0.2) is 47.4 Å². The van der Waals surface area contributed by atoms with E-state index in [4.69, 9.17) is 0 Å². The van der Waals surface area contributed by atoms with Crippen molar-refractivity contribution in [1.82, 2.24) is 9.88 Å². The third-order valence-corrected chi connectivity index (χ3v) is 2.93. The van der Waals surface area contributed by atoms with E-state index in [1.165, 1.54) is 18.2 Å². The number of carbonyl (C=O) groups is 1. The minimum Gasteiger partial charge on any atom is -0.350 e. The van der Waals surface area contributed by atoms with Crippen LogP contribution in [0.2, 0.25) is 0 Å². The lowest BCUT2D eigenvalue weighted by Gasteiger charge is -2.08. The van der Waals surface area contributed by atoms with Crippen LogP contribution in [-0.4, -0.2) is 15.4 Å². The van der Waals surface area contributed by atoms with E-state index in [2.05, 4.69) is 5.32 Å². The van der Waals surface area contributed by atoms with Gasteiger partial charge in [0.05, 0.1) is 11.1 Å². The van der Waals surface area contributed by atoms with Gasteiger partial charge in [-0.1, -0.05) is 18.2 Å². The number of hydrogen-bond acceptors (Lipinski definition) is 4. The predicted molar refractivity (Wildman–Crippen MR) is 75.6 cm³/mol. The lowest BCUT2D eigenvalue weighted by atomic mass is 10.2. The van der Waals surface area contributed by atoms with Crippen LogP contribution < -0.4 is 10.9 Å². The SMILES string of the molecule is O=C(Cn1cc([N+](=O)[O-])ccc1=O)NCc1ccccc1F. The number of hydrogen-bond donors (Lipinski definition) is 1. The van der Waals surface area contributed by atoms with Gasteiger partial charge in [0.25, 0.3) is 11.2 Å². The van der Waals surface area contributed by atoms with E-state index in [1.807, 2.05) is 0 Å². The molecular formula is C14H12FN3O4. The second kappa shape index (κ2) is 6.61. The van der Waals surface area contributed by atoms with Gasteiger partial charge in [0.2, 0.25) is 5.91 Å². The average molecular weight is 305 g/mol. The largest absolute Gasteiger partial charge is 0.350 e. The Bertz CT molecular complexity index is 773. The molecule has 7 nitrogen and oxygen atoms in total. The van der Waals surface area contributed by atoms with Crippen molar-refractivity contribution < 1.29 is 14.1 Å². The van der Waals surface area contributed by atoms with Crippen LogP contribution in [0.25, 0.3) is 0 Å². The van der Waals surface area contributed by atoms with Crippen molar-refractivity contribution in [1.29, 1.82) is 0 Å². The first-order valence-corrected chi connectivity index (χ1v) is 6.32. The van der Waals surface area contributed by atoms with Gasteiger partial charge in [0, 0.05) is 24.2 Å². The van der Waals surface area contributed by atoms with Crippen molar-refractivity contribution in [2.24, 2.45) is 0 Å². The minimum atomic E-state index is -0.660. The summed E-state index contributed by atoms with van der Waals surface area (Å²) in [5, 5.41) is 13.1. The molecule has 0 atom stereocenters. The predicted octanol–water partition coefficient (Wildman–Crippen LogP) is 1.21. The lowest BCUT2D eigenvalue weighted by molar-refractivity contribution is -0.385. The molecule has 1 aromatic heterocycles. The summed E-state index contributed by atoms with van der Waals surface area (Å²) < 4.78 is 14.3. The van der Waals surface area contributed by atoms with Gasteiger partial charge in [-0.25, -0.2) is 4.39 Å². The Morgan fingerprint density at radius 1 is 1.27 bits per heavy atom. The Hall–Kier alpha value is -3.03. The van der Waals surface area contributed by atoms with Crippen LogP contribution in [0.4, 0.5) is 10.1 Å². The fraction of sp³-hybridized carbons (Fsp3) is 0.143. The van der Waals surface area contributed by atoms with Crippen molar-refractivity contribution in [2.45, 2.75) is 13.1 Å². The van der Waals surface area contributed by atoms with E-state index < -0.39 is 22.2 Å². The van der Waals surface area contributed by atoms with Crippen LogP contribution >= 0.6 is 0 Å². The fourth-order valence-electron chi connectivity index (χ4n) is 1.80. The van der Waals surface area contributed by atoms with Crippen LogP contribution in [0.1, 0.15) is 5.56 Å². The maximum absolute atomic E-state index is 13.4. The minimum absolute atomic E-state index is 0.0326. The number of aromatic nitrogens is 1. The molecule has 0 unspecified atom stereocenters. The average Bonchev–Trinajstić information content (AvgIpc) is 2.48. The van der Waals surface area contributed by atoms with Gasteiger partial charge in [-0.15, -0.1) is 0 Å². The molecule has 1 amide bonds. The summed E-state index contributed by atoms with van der Waals surface area (Å²) in [7, 11) is 0. The number of rotatable bonds is 5. The monoisotopic (exact) mass is 305 g/mol. The summed E-state index contributed by atoms with van der Waals surface area (Å²) in [6.07, 6.45) is 0.991. The van der Waals surface area contributed by atoms with Gasteiger partial charge in [-0.3, -0.25) is 24.3 Å². The first kappa shape index (κ1) is 15.4. The second-order valence-electron chi connectivity index (χ2n) is 4.48. The molecule has 22 heavy (non-hydrogen) atoms. The number of halogens is 1. The number of benzene rings is 1. The van der Waals surface area contributed by atoms with Crippen LogP contribution in [0, 0.1) is 15.9 Å². The number of pyridine rings is 1. The molecule has 0 bridgehead atoms. The molecule has 0 fully saturated rings. The Kier molecular flexibility index (Phi) is 4.62. The summed E-state index contributed by atoms with van der Waals surface area (Å²) in [5.74, 6) is -0.999. The van der Waals surface area contributed by atoms with Crippen molar-refractivity contribution in [3.05, 3.63) is 74.4 Å². The highest BCUT2D eigenvalue weighted by Gasteiger charge is 2.11. The third kappa shape index (κ3) is 3.75. The quantitative estimate of drug-likeness (QED) is 0.663. The molecule has 0 radical (unpaired) electrons. The molecule has 0 saturated carbocycles. The number of nitro groups is 1. The molecular weight excluding hydrogens is 293 g/mol. The number of amides is 1. The molecule has 114 valence electrons. The zero-order valence-electron chi connectivity index (χ0n) is 11.4. The van der Waals surface area contributed by atoms with Gasteiger partial charge in [0.15, 0.2) is 0 Å². The smallest absolute Gasteiger partial charge is 0.285 e. The molecule has 0 spiro atoms. The Morgan fingerprint density at radius 2 is 2.00 bits per heavy atom. The normalized spacial score (nSPS) is 10.2. The van der Waals surface area contributed by atoms with Crippen molar-refractivity contribution in [3.8, 4) is 0 Å². The molecule has 1 aromatic carbocycles. The van der Waals surface area contributed by atoms with Gasteiger partial charge >= 0.3 is 0 Å². The summed E-state index contributed by atoms with van der Waals surface area (Å²) in [6, 6.07) is 8.04. The van der Waals surface area contributed by atoms with E-state index >= 15 is 0 Å². The van der Waals surface area contributed by atoms with E-state index in [-0.39, 0.29) is 18.8 Å². The number of carbonyl (C=O) groups excluding carboxylic acids is 1. The lowest BCUT2D eigenvalue weighted by Crippen LogP contribution is -2.31. The zero-order chi connectivity index (χ0) is 16.1. The molecule has 2 aromatic rings. The molecule has 8 heteroatoms. The Labute approximate surface area is 124 Å². The zero-order valence-corrected chi connectivity index (χ0v) is 11.4. The molecule has 1 heterocycles. The van der Waals surface area contributed by atoms with Crippen molar-refractivity contribution in [2.75, 3.05) is 0 Å². The van der Waals surface area contributed by atoms with Gasteiger partial charge < -0.3 is 5.32 Å². The molecule has 0 aliphatic carbocycles. The first-order valence-electron chi connectivity index (χ1n) is 6.32. The summed E-state index contributed by atoms with van der Waals surface area (Å²) in [6.45, 7) is -0.413. The highest BCUT2D eigenvalue weighted by molar-refractivity contribution is 5.75. The standard InChI is InChI=1S/C14H12FN3O4/c15-12-4-2-1-3-10(12)7-16-13(19)9-17-8-11(18(21)22)5-6-14(17)20/h1-6,8H,7,9H2,(H,16,19). The van der Waals surface area contributed by atoms with Crippen molar-refractivity contribution in [3.63, 3.8) is 0 Å². The maximum atomic E-state index is 13.4. The van der Waals surface area contributed by atoms with E-state index in [9.17, 15) is 24.1 Å². The molecule has 1 N–H and O–H groups in total. The number of nitrogens with zero attached hydrogens (tertiary/aromatic N) is 2. The Morgan fingerprint density at radius 3 is 2.68 bits per heavy atom. The van der Waals surface area contributed by atoms with E-state index in [1.54, 1.807) is 6.07 Å². The fourth-order valence-corrected chi connectivity index (χ4v) is 1.80. The van der Waals surface area contributed by atoms with Gasteiger partial charge in [-0.2, -0.15) is 0 Å². The van der Waals surface area contributed by atoms with Crippen LogP contribution in [-0.2, 0) is 17.9 Å². The van der Waals surface area contributed by atoms with Crippen LogP contribution in [0.3, 0.4) is 0 Å². The summed E-state index contributed by atoms with van der Waals surface area (Å²) >= 11 is 0. The molecule has 0 aliphatic heterocycles. The van der Waals surface area contributed by atoms with Gasteiger partial charge in [0.1, 0.15) is 12.4 Å². The van der Waals surface area contributed by atoms with E-state index in [0.29, 0.717) is 5.56 Å². The van der Waals surface area contributed by atoms with Crippen molar-refractivity contribution >= 4 is 11.6 Å². The Balaban J connectivity index is 2.03. The molecule has 0 saturated heterocycles. The molecule has 0 aliphatic rings. The molecule has 2 rings (SSSR count). The summed E-state index contributed by atoms with van der Waals surface area (Å²) in [4.78, 5) is 33.3. The first-order chi connectivity index (χ1) is 10.5. The van der Waals surface area contributed by atoms with Crippen LogP contribution in [0.5, 0.6) is 0 Å². The number of nitrogens with one attached hydrogen (secondary N) is 1. The highest BCUT2D eigenvalue weighted by atomic mass is 19.1. The maximum Gasteiger partial charge on any atom is 0.285 e. The van der Waals surface area contributed by atoms with Gasteiger partial charge in [-0.05, 0) is 6.07 Å².